The minimum atomic E-state index is -0.411. The first-order chi connectivity index (χ1) is 7.91. The van der Waals surface area contributed by atoms with Crippen molar-refractivity contribution < 1.29 is 9.53 Å². The minimum absolute atomic E-state index is 0.0603. The molecule has 0 amide bonds. The summed E-state index contributed by atoms with van der Waals surface area (Å²) in [4.78, 5) is 11.7. The highest BCUT2D eigenvalue weighted by atomic mass is 16.5. The molecule has 0 bridgehead atoms. The van der Waals surface area contributed by atoms with Crippen molar-refractivity contribution in [3.63, 3.8) is 0 Å². The smallest absolute Gasteiger partial charge is 0.323 e. The van der Waals surface area contributed by atoms with E-state index in [2.05, 4.69) is 13.8 Å². The van der Waals surface area contributed by atoms with Crippen LogP contribution >= 0.6 is 0 Å². The van der Waals surface area contributed by atoms with Crippen LogP contribution in [0.15, 0.2) is 0 Å². The van der Waals surface area contributed by atoms with Crippen LogP contribution in [0.4, 0.5) is 0 Å². The third kappa shape index (κ3) is 2.35. The fourth-order valence-electron chi connectivity index (χ4n) is 3.67. The maximum Gasteiger partial charge on any atom is 0.323 e. The normalized spacial score (nSPS) is 31.6. The highest BCUT2D eigenvalue weighted by Gasteiger charge is 2.57. The Balaban J connectivity index is 2.08. The summed E-state index contributed by atoms with van der Waals surface area (Å²) in [5.41, 5.74) is 6.58. The molecule has 2 N–H and O–H groups in total. The van der Waals surface area contributed by atoms with E-state index in [0.29, 0.717) is 11.3 Å². The molecule has 0 aromatic rings. The Morgan fingerprint density at radius 2 is 2.00 bits per heavy atom. The Hall–Kier alpha value is -0.570. The third-order valence-electron chi connectivity index (χ3n) is 4.92. The van der Waals surface area contributed by atoms with Crippen LogP contribution in [-0.2, 0) is 9.53 Å². The molecule has 2 atom stereocenters. The van der Waals surface area contributed by atoms with Gasteiger partial charge >= 0.3 is 5.97 Å². The molecule has 2 rings (SSSR count). The summed E-state index contributed by atoms with van der Waals surface area (Å²) >= 11 is 0. The Bertz CT molecular complexity index is 307. The summed E-state index contributed by atoms with van der Waals surface area (Å²) in [6, 6.07) is -0.411. The molecule has 0 aliphatic heterocycles. The number of hydrogen-bond acceptors (Lipinski definition) is 3. The van der Waals surface area contributed by atoms with Crippen molar-refractivity contribution in [1.82, 2.24) is 0 Å². The van der Waals surface area contributed by atoms with Gasteiger partial charge in [0.25, 0.3) is 0 Å². The summed E-state index contributed by atoms with van der Waals surface area (Å²) in [6.07, 6.45) is 7.21. The van der Waals surface area contributed by atoms with Crippen molar-refractivity contribution >= 4 is 5.97 Å². The summed E-state index contributed by atoms with van der Waals surface area (Å²) in [7, 11) is 1.43. The molecule has 0 saturated heterocycles. The van der Waals surface area contributed by atoms with Crippen LogP contribution in [-0.4, -0.2) is 19.1 Å². The van der Waals surface area contributed by atoms with E-state index in [1.54, 1.807) is 0 Å². The zero-order chi connectivity index (χ0) is 12.7. The molecule has 2 aliphatic carbocycles. The van der Waals surface area contributed by atoms with Crippen molar-refractivity contribution in [2.45, 2.75) is 58.4 Å². The van der Waals surface area contributed by atoms with Crippen molar-refractivity contribution in [3.05, 3.63) is 0 Å². The van der Waals surface area contributed by atoms with Crippen LogP contribution in [0, 0.1) is 16.7 Å². The quantitative estimate of drug-likeness (QED) is 0.770. The lowest BCUT2D eigenvalue weighted by Crippen LogP contribution is -2.45. The number of rotatable bonds is 3. The molecule has 98 valence electrons. The van der Waals surface area contributed by atoms with E-state index < -0.39 is 6.04 Å². The number of carbonyl (C=O) groups excluding carboxylic acids is 1. The van der Waals surface area contributed by atoms with Crippen LogP contribution in [0.5, 0.6) is 0 Å². The maximum absolute atomic E-state index is 11.7. The summed E-state index contributed by atoms with van der Waals surface area (Å²) < 4.78 is 4.82. The minimum Gasteiger partial charge on any atom is -0.468 e. The lowest BCUT2D eigenvalue weighted by Gasteiger charge is -2.41. The molecular weight excluding hydrogens is 214 g/mol. The average molecular weight is 239 g/mol. The van der Waals surface area contributed by atoms with E-state index in [0.717, 1.165) is 12.8 Å². The van der Waals surface area contributed by atoms with Crippen LogP contribution in [0.25, 0.3) is 0 Å². The highest BCUT2D eigenvalue weighted by molar-refractivity contribution is 5.77. The SMILES string of the molecule is COC(=O)C(N)C1(C2CCCC(C)(C)C2)CC1. The van der Waals surface area contributed by atoms with Gasteiger partial charge in [-0.25, -0.2) is 0 Å². The highest BCUT2D eigenvalue weighted by Crippen LogP contribution is 2.60. The van der Waals surface area contributed by atoms with E-state index in [9.17, 15) is 4.79 Å². The van der Waals surface area contributed by atoms with Crippen LogP contribution in [0.2, 0.25) is 0 Å². The summed E-state index contributed by atoms with van der Waals surface area (Å²) in [5, 5.41) is 0. The first kappa shape index (κ1) is 12.9. The molecule has 2 fully saturated rings. The predicted octanol–water partition coefficient (Wildman–Crippen LogP) is 2.48. The molecule has 2 saturated carbocycles. The number of methoxy groups -OCH3 is 1. The topological polar surface area (TPSA) is 52.3 Å². The van der Waals surface area contributed by atoms with Gasteiger partial charge in [-0.3, -0.25) is 4.79 Å². The van der Waals surface area contributed by atoms with Gasteiger partial charge in [0.15, 0.2) is 0 Å². The maximum atomic E-state index is 11.7. The zero-order valence-corrected chi connectivity index (χ0v) is 11.3. The molecule has 3 heteroatoms. The molecule has 3 nitrogen and oxygen atoms in total. The molecule has 0 heterocycles. The first-order valence-corrected chi connectivity index (χ1v) is 6.75. The summed E-state index contributed by atoms with van der Waals surface area (Å²) in [6.45, 7) is 4.66. The van der Waals surface area contributed by atoms with Gasteiger partial charge in [0, 0.05) is 0 Å². The second-order valence-electron chi connectivity index (χ2n) is 6.69. The van der Waals surface area contributed by atoms with E-state index in [1.165, 1.54) is 32.8 Å². The van der Waals surface area contributed by atoms with Gasteiger partial charge in [0.1, 0.15) is 6.04 Å². The number of hydrogen-bond donors (Lipinski definition) is 1. The number of nitrogens with two attached hydrogens (primary N) is 1. The molecule has 17 heavy (non-hydrogen) atoms. The van der Waals surface area contributed by atoms with Gasteiger partial charge in [0.05, 0.1) is 7.11 Å². The molecule has 0 aromatic carbocycles. The lowest BCUT2D eigenvalue weighted by molar-refractivity contribution is -0.145. The largest absolute Gasteiger partial charge is 0.468 e. The number of carbonyl (C=O) groups is 1. The number of esters is 1. The fraction of sp³-hybridized carbons (Fsp3) is 0.929. The van der Waals surface area contributed by atoms with Crippen molar-refractivity contribution in [2.75, 3.05) is 7.11 Å². The third-order valence-corrected chi connectivity index (χ3v) is 4.92. The second kappa shape index (κ2) is 4.27. The Morgan fingerprint density at radius 3 is 2.47 bits per heavy atom. The van der Waals surface area contributed by atoms with Gasteiger partial charge in [-0.1, -0.05) is 20.3 Å². The molecule has 2 aliphatic rings. The van der Waals surface area contributed by atoms with E-state index >= 15 is 0 Å². The van der Waals surface area contributed by atoms with Crippen molar-refractivity contribution in [1.29, 1.82) is 0 Å². The van der Waals surface area contributed by atoms with E-state index in [-0.39, 0.29) is 11.4 Å². The van der Waals surface area contributed by atoms with Crippen LogP contribution in [0.3, 0.4) is 0 Å². The Kier molecular flexibility index (Phi) is 3.23. The summed E-state index contributed by atoms with van der Waals surface area (Å²) in [5.74, 6) is 0.381. The van der Waals surface area contributed by atoms with Gasteiger partial charge in [-0.05, 0) is 48.9 Å². The predicted molar refractivity (Wildman–Crippen MR) is 67.4 cm³/mol. The average Bonchev–Trinajstić information content (AvgIpc) is 3.07. The van der Waals surface area contributed by atoms with Gasteiger partial charge in [0.2, 0.25) is 0 Å². The Labute approximate surface area is 104 Å². The van der Waals surface area contributed by atoms with Crippen LogP contribution < -0.4 is 5.73 Å². The molecule has 0 spiro atoms. The Morgan fingerprint density at radius 1 is 1.35 bits per heavy atom. The zero-order valence-electron chi connectivity index (χ0n) is 11.3. The van der Waals surface area contributed by atoms with E-state index in [4.69, 9.17) is 10.5 Å². The monoisotopic (exact) mass is 239 g/mol. The van der Waals surface area contributed by atoms with Crippen molar-refractivity contribution in [3.8, 4) is 0 Å². The second-order valence-corrected chi connectivity index (χ2v) is 6.69. The van der Waals surface area contributed by atoms with Gasteiger partial charge in [-0.2, -0.15) is 0 Å². The van der Waals surface area contributed by atoms with E-state index in [1.807, 2.05) is 0 Å². The standard InChI is InChI=1S/C14H25NO2/c1-13(2)6-4-5-10(9-13)14(7-8-14)11(15)12(16)17-3/h10-11H,4-9,15H2,1-3H3. The first-order valence-electron chi connectivity index (χ1n) is 6.75. The van der Waals surface area contributed by atoms with Crippen LogP contribution in [0.1, 0.15) is 52.4 Å². The molecule has 0 radical (unpaired) electrons. The molecule has 2 unspecified atom stereocenters. The van der Waals surface area contributed by atoms with Gasteiger partial charge in [-0.15, -0.1) is 0 Å². The van der Waals surface area contributed by atoms with Crippen molar-refractivity contribution in [2.24, 2.45) is 22.5 Å². The number of ether oxygens (including phenoxy) is 1. The molecule has 0 aromatic heterocycles. The lowest BCUT2D eigenvalue weighted by atomic mass is 9.65. The molecular formula is C14H25NO2. The fourth-order valence-corrected chi connectivity index (χ4v) is 3.67. The van der Waals surface area contributed by atoms with Gasteiger partial charge < -0.3 is 10.5 Å².